The van der Waals surface area contributed by atoms with E-state index in [-0.39, 0.29) is 5.91 Å². The number of benzene rings is 1. The third kappa shape index (κ3) is 6.32. The van der Waals surface area contributed by atoms with Gasteiger partial charge in [-0.05, 0) is 57.9 Å². The van der Waals surface area contributed by atoms with Gasteiger partial charge in [0, 0.05) is 18.7 Å². The van der Waals surface area contributed by atoms with Crippen molar-refractivity contribution in [1.29, 1.82) is 5.26 Å². The summed E-state index contributed by atoms with van der Waals surface area (Å²) in [6.07, 6.45) is 1.54. The minimum absolute atomic E-state index is 0.00447. The van der Waals surface area contributed by atoms with E-state index in [4.69, 9.17) is 5.26 Å². The Hall–Kier alpha value is -1.90. The average Bonchev–Trinajstić information content (AvgIpc) is 2.46. The van der Waals surface area contributed by atoms with Crippen LogP contribution in [0.4, 0.5) is 5.69 Å². The van der Waals surface area contributed by atoms with Gasteiger partial charge in [-0.15, -0.1) is 0 Å². The van der Waals surface area contributed by atoms with Crippen LogP contribution in [0, 0.1) is 11.3 Å². The molecule has 0 fully saturated rings. The average molecular weight is 274 g/mol. The van der Waals surface area contributed by atoms with Crippen LogP contribution in [0.15, 0.2) is 24.3 Å². The Morgan fingerprint density at radius 1 is 1.30 bits per heavy atom. The van der Waals surface area contributed by atoms with Crippen LogP contribution in [-0.2, 0) is 4.79 Å². The normalized spacial score (nSPS) is 10.3. The van der Waals surface area contributed by atoms with Crippen molar-refractivity contribution in [2.75, 3.05) is 39.0 Å². The number of rotatable bonds is 8. The molecule has 0 aliphatic rings. The quantitative estimate of drug-likeness (QED) is 0.704. The third-order valence-electron chi connectivity index (χ3n) is 2.98. The summed E-state index contributed by atoms with van der Waals surface area (Å²) in [5.74, 6) is -0.00447. The molecule has 0 atom stereocenters. The molecule has 0 heterocycles. The van der Waals surface area contributed by atoms with Crippen molar-refractivity contribution in [1.82, 2.24) is 10.2 Å². The molecule has 0 saturated carbocycles. The maximum absolute atomic E-state index is 11.8. The van der Waals surface area contributed by atoms with Gasteiger partial charge in [-0.1, -0.05) is 0 Å². The number of hydrogen-bond donors (Lipinski definition) is 2. The highest BCUT2D eigenvalue weighted by Crippen LogP contribution is 2.09. The fraction of sp³-hybridized carbons (Fsp3) is 0.467. The van der Waals surface area contributed by atoms with Crippen molar-refractivity contribution in [3.05, 3.63) is 29.8 Å². The molecule has 0 aromatic heterocycles. The van der Waals surface area contributed by atoms with Gasteiger partial charge in [0.05, 0.1) is 11.6 Å². The van der Waals surface area contributed by atoms with E-state index >= 15 is 0 Å². The van der Waals surface area contributed by atoms with Crippen LogP contribution in [0.3, 0.4) is 0 Å². The summed E-state index contributed by atoms with van der Waals surface area (Å²) in [6.45, 7) is 2.71. The largest absolute Gasteiger partial charge is 0.326 e. The molecule has 0 radical (unpaired) electrons. The van der Waals surface area contributed by atoms with Gasteiger partial charge in [-0.2, -0.15) is 5.26 Å². The Morgan fingerprint density at radius 2 is 2.00 bits per heavy atom. The molecule has 0 bridgehead atoms. The molecule has 0 aliphatic heterocycles. The number of anilines is 1. The fourth-order valence-electron chi connectivity index (χ4n) is 1.78. The minimum Gasteiger partial charge on any atom is -0.326 e. The van der Waals surface area contributed by atoms with Gasteiger partial charge in [-0.25, -0.2) is 0 Å². The highest BCUT2D eigenvalue weighted by molar-refractivity contribution is 5.90. The van der Waals surface area contributed by atoms with Crippen LogP contribution >= 0.6 is 0 Å². The lowest BCUT2D eigenvalue weighted by molar-refractivity contribution is -0.116. The Bertz CT molecular complexity index is 450. The molecule has 5 heteroatoms. The standard InChI is InChI=1S/C15H22N4O/c1-17-9-3-10-19(2)11-8-15(20)18-14-6-4-13(12-16)5-7-14/h4-7,17H,3,8-11H2,1-2H3,(H,18,20). The maximum atomic E-state index is 11.8. The number of hydrogen-bond acceptors (Lipinski definition) is 4. The predicted octanol–water partition coefficient (Wildman–Crippen LogP) is 1.43. The summed E-state index contributed by atoms with van der Waals surface area (Å²) >= 11 is 0. The molecular formula is C15H22N4O. The fourth-order valence-corrected chi connectivity index (χ4v) is 1.78. The number of nitrogens with one attached hydrogen (secondary N) is 2. The molecule has 0 saturated heterocycles. The van der Waals surface area contributed by atoms with E-state index in [0.717, 1.165) is 31.7 Å². The van der Waals surface area contributed by atoms with E-state index in [2.05, 4.69) is 15.5 Å². The van der Waals surface area contributed by atoms with Gasteiger partial charge < -0.3 is 15.5 Å². The first-order chi connectivity index (χ1) is 9.65. The maximum Gasteiger partial charge on any atom is 0.225 e. The smallest absolute Gasteiger partial charge is 0.225 e. The molecule has 0 unspecified atom stereocenters. The van der Waals surface area contributed by atoms with E-state index in [1.54, 1.807) is 24.3 Å². The predicted molar refractivity (Wildman–Crippen MR) is 80.4 cm³/mol. The van der Waals surface area contributed by atoms with Gasteiger partial charge in [0.1, 0.15) is 0 Å². The molecule has 0 aliphatic carbocycles. The zero-order chi connectivity index (χ0) is 14.8. The zero-order valence-electron chi connectivity index (χ0n) is 12.1. The van der Waals surface area contributed by atoms with Gasteiger partial charge in [0.15, 0.2) is 0 Å². The molecule has 1 aromatic carbocycles. The molecular weight excluding hydrogens is 252 g/mol. The van der Waals surface area contributed by atoms with Gasteiger partial charge in [0.2, 0.25) is 5.91 Å². The lowest BCUT2D eigenvalue weighted by Gasteiger charge is -2.16. The van der Waals surface area contributed by atoms with E-state index in [0.29, 0.717) is 12.0 Å². The molecule has 1 amide bonds. The van der Waals surface area contributed by atoms with E-state index in [9.17, 15) is 4.79 Å². The molecule has 108 valence electrons. The third-order valence-corrected chi connectivity index (χ3v) is 2.98. The van der Waals surface area contributed by atoms with Crippen LogP contribution in [0.1, 0.15) is 18.4 Å². The van der Waals surface area contributed by atoms with Crippen molar-refractivity contribution in [3.63, 3.8) is 0 Å². The Kier molecular flexibility index (Phi) is 7.33. The molecule has 1 rings (SSSR count). The first-order valence-corrected chi connectivity index (χ1v) is 6.79. The highest BCUT2D eigenvalue weighted by Gasteiger charge is 2.05. The van der Waals surface area contributed by atoms with Gasteiger partial charge in [0.25, 0.3) is 0 Å². The monoisotopic (exact) mass is 274 g/mol. The summed E-state index contributed by atoms with van der Waals surface area (Å²) in [5, 5.41) is 14.6. The number of carbonyl (C=O) groups is 1. The number of nitriles is 1. The Balaban J connectivity index is 2.27. The first kappa shape index (κ1) is 16.2. The topological polar surface area (TPSA) is 68.2 Å². The second-order valence-corrected chi connectivity index (χ2v) is 4.75. The summed E-state index contributed by atoms with van der Waals surface area (Å²) in [5.41, 5.74) is 1.32. The Labute approximate surface area is 120 Å². The summed E-state index contributed by atoms with van der Waals surface area (Å²) < 4.78 is 0. The highest BCUT2D eigenvalue weighted by atomic mass is 16.1. The van der Waals surface area contributed by atoms with Gasteiger partial charge >= 0.3 is 0 Å². The van der Waals surface area contributed by atoms with Crippen LogP contribution < -0.4 is 10.6 Å². The lowest BCUT2D eigenvalue weighted by atomic mass is 10.2. The summed E-state index contributed by atoms with van der Waals surface area (Å²) in [4.78, 5) is 13.9. The molecule has 20 heavy (non-hydrogen) atoms. The van der Waals surface area contributed by atoms with E-state index in [1.807, 2.05) is 20.2 Å². The number of nitrogens with zero attached hydrogens (tertiary/aromatic N) is 2. The van der Waals surface area contributed by atoms with Crippen molar-refractivity contribution < 1.29 is 4.79 Å². The summed E-state index contributed by atoms with van der Waals surface area (Å²) in [6, 6.07) is 8.92. The van der Waals surface area contributed by atoms with Crippen molar-refractivity contribution >= 4 is 11.6 Å². The second kappa shape index (κ2) is 9.08. The second-order valence-electron chi connectivity index (χ2n) is 4.75. The van der Waals surface area contributed by atoms with Crippen LogP contribution in [-0.4, -0.2) is 44.5 Å². The first-order valence-electron chi connectivity index (χ1n) is 6.79. The van der Waals surface area contributed by atoms with Crippen molar-refractivity contribution in [3.8, 4) is 6.07 Å². The van der Waals surface area contributed by atoms with E-state index in [1.165, 1.54) is 0 Å². The Morgan fingerprint density at radius 3 is 2.60 bits per heavy atom. The van der Waals surface area contributed by atoms with Crippen LogP contribution in [0.25, 0.3) is 0 Å². The number of carbonyl (C=O) groups excluding carboxylic acids is 1. The van der Waals surface area contributed by atoms with Gasteiger partial charge in [-0.3, -0.25) is 4.79 Å². The molecule has 1 aromatic rings. The lowest BCUT2D eigenvalue weighted by Crippen LogP contribution is -2.26. The van der Waals surface area contributed by atoms with Crippen molar-refractivity contribution in [2.24, 2.45) is 0 Å². The van der Waals surface area contributed by atoms with Crippen LogP contribution in [0.5, 0.6) is 0 Å². The van der Waals surface area contributed by atoms with Crippen molar-refractivity contribution in [2.45, 2.75) is 12.8 Å². The minimum atomic E-state index is -0.00447. The zero-order valence-corrected chi connectivity index (χ0v) is 12.1. The SMILES string of the molecule is CNCCCN(C)CCC(=O)Nc1ccc(C#N)cc1. The molecule has 0 spiro atoms. The molecule has 5 nitrogen and oxygen atoms in total. The van der Waals surface area contributed by atoms with E-state index < -0.39 is 0 Å². The molecule has 2 N–H and O–H groups in total. The summed E-state index contributed by atoms with van der Waals surface area (Å²) in [7, 11) is 3.95. The van der Waals surface area contributed by atoms with Crippen LogP contribution in [0.2, 0.25) is 0 Å². The number of amides is 1.